The topological polar surface area (TPSA) is 27.0 Å². The summed E-state index contributed by atoms with van der Waals surface area (Å²) in [6.45, 7) is 6.23. The second-order valence-corrected chi connectivity index (χ2v) is 4.75. The molecule has 1 unspecified atom stereocenters. The fourth-order valence-electron chi connectivity index (χ4n) is 2.56. The quantitative estimate of drug-likeness (QED) is 0.757. The van der Waals surface area contributed by atoms with Crippen LogP contribution in [0.5, 0.6) is 0 Å². The lowest BCUT2D eigenvalue weighted by Gasteiger charge is -2.19. The molecule has 0 amide bonds. The van der Waals surface area contributed by atoms with Gasteiger partial charge < -0.3 is 0 Å². The van der Waals surface area contributed by atoms with Gasteiger partial charge in [0.2, 0.25) is 0 Å². The molecule has 1 saturated heterocycles. The summed E-state index contributed by atoms with van der Waals surface area (Å²) in [6, 6.07) is 9.15. The fourth-order valence-corrected chi connectivity index (χ4v) is 2.56. The highest BCUT2D eigenvalue weighted by molar-refractivity contribution is 5.28. The van der Waals surface area contributed by atoms with Crippen LogP contribution < -0.4 is 0 Å². The monoisotopic (exact) mass is 214 g/mol. The number of hydrogen-bond donors (Lipinski definition) is 0. The van der Waals surface area contributed by atoms with E-state index in [1.54, 1.807) is 0 Å². The van der Waals surface area contributed by atoms with Crippen molar-refractivity contribution in [2.45, 2.75) is 39.3 Å². The van der Waals surface area contributed by atoms with Crippen LogP contribution in [-0.4, -0.2) is 17.5 Å². The van der Waals surface area contributed by atoms with Gasteiger partial charge >= 0.3 is 0 Å². The number of nitriles is 1. The van der Waals surface area contributed by atoms with Crippen molar-refractivity contribution in [3.63, 3.8) is 0 Å². The lowest BCUT2D eigenvalue weighted by Crippen LogP contribution is -2.27. The van der Waals surface area contributed by atoms with Crippen LogP contribution >= 0.6 is 0 Å². The van der Waals surface area contributed by atoms with Gasteiger partial charge in [-0.3, -0.25) is 4.90 Å². The van der Waals surface area contributed by atoms with Crippen LogP contribution in [0, 0.1) is 25.2 Å². The molecule has 16 heavy (non-hydrogen) atoms. The van der Waals surface area contributed by atoms with Crippen molar-refractivity contribution in [1.82, 2.24) is 4.90 Å². The van der Waals surface area contributed by atoms with Crippen LogP contribution in [0.15, 0.2) is 18.2 Å². The predicted molar refractivity (Wildman–Crippen MR) is 65.0 cm³/mol. The van der Waals surface area contributed by atoms with Crippen molar-refractivity contribution in [2.75, 3.05) is 6.54 Å². The van der Waals surface area contributed by atoms with Gasteiger partial charge in [0.25, 0.3) is 0 Å². The van der Waals surface area contributed by atoms with Gasteiger partial charge in [-0.1, -0.05) is 29.3 Å². The van der Waals surface area contributed by atoms with E-state index in [-0.39, 0.29) is 6.04 Å². The third-order valence-electron chi connectivity index (χ3n) is 3.18. The predicted octanol–water partition coefficient (Wildman–Crippen LogP) is 2.79. The van der Waals surface area contributed by atoms with Crippen molar-refractivity contribution in [2.24, 2.45) is 0 Å². The number of hydrogen-bond acceptors (Lipinski definition) is 2. The molecule has 0 N–H and O–H groups in total. The van der Waals surface area contributed by atoms with Gasteiger partial charge in [0.05, 0.1) is 12.1 Å². The normalized spacial score (nSPS) is 20.9. The highest BCUT2D eigenvalue weighted by Crippen LogP contribution is 2.20. The van der Waals surface area contributed by atoms with Gasteiger partial charge in [-0.25, -0.2) is 0 Å². The maximum absolute atomic E-state index is 9.03. The fraction of sp³-hybridized carbons (Fsp3) is 0.500. The summed E-state index contributed by atoms with van der Waals surface area (Å²) in [4.78, 5) is 2.29. The Hall–Kier alpha value is -1.33. The summed E-state index contributed by atoms with van der Waals surface area (Å²) in [5, 5.41) is 9.03. The first kappa shape index (κ1) is 11.2. The van der Waals surface area contributed by atoms with Crippen molar-refractivity contribution in [1.29, 1.82) is 5.26 Å². The van der Waals surface area contributed by atoms with Crippen LogP contribution in [0.3, 0.4) is 0 Å². The molecule has 1 aliphatic rings. The Morgan fingerprint density at radius 3 is 2.62 bits per heavy atom. The molecule has 0 bridgehead atoms. The number of benzene rings is 1. The molecule has 2 nitrogen and oxygen atoms in total. The van der Waals surface area contributed by atoms with E-state index in [0.717, 1.165) is 25.9 Å². The molecular formula is C14H18N2. The largest absolute Gasteiger partial charge is 0.284 e. The number of rotatable bonds is 2. The average Bonchev–Trinajstić information content (AvgIpc) is 2.63. The molecule has 1 fully saturated rings. The first-order chi connectivity index (χ1) is 7.69. The zero-order valence-electron chi connectivity index (χ0n) is 10.0. The minimum atomic E-state index is 0.126. The van der Waals surface area contributed by atoms with Crippen LogP contribution in [0.1, 0.15) is 29.5 Å². The van der Waals surface area contributed by atoms with Crippen LogP contribution in [0.25, 0.3) is 0 Å². The van der Waals surface area contributed by atoms with E-state index in [0.29, 0.717) is 0 Å². The first-order valence-electron chi connectivity index (χ1n) is 5.90. The molecule has 0 radical (unpaired) electrons. The lowest BCUT2D eigenvalue weighted by molar-refractivity contribution is 0.286. The molecule has 2 heteroatoms. The molecule has 0 aliphatic carbocycles. The van der Waals surface area contributed by atoms with Gasteiger partial charge in [0, 0.05) is 6.54 Å². The Kier molecular flexibility index (Phi) is 3.26. The van der Waals surface area contributed by atoms with Gasteiger partial charge in [-0.15, -0.1) is 0 Å². The standard InChI is InChI=1S/C14H18N2/c1-11-6-12(2)8-13(7-11)10-16-5-3-4-14(16)9-15/h6-8,14H,3-5,10H2,1-2H3. The Morgan fingerprint density at radius 1 is 1.31 bits per heavy atom. The van der Waals surface area contributed by atoms with Gasteiger partial charge in [0.1, 0.15) is 0 Å². The van der Waals surface area contributed by atoms with Crippen molar-refractivity contribution in [3.8, 4) is 6.07 Å². The Morgan fingerprint density at radius 2 is 2.00 bits per heavy atom. The number of nitrogens with zero attached hydrogens (tertiary/aromatic N) is 2. The zero-order valence-corrected chi connectivity index (χ0v) is 10.0. The molecule has 1 aliphatic heterocycles. The third-order valence-corrected chi connectivity index (χ3v) is 3.18. The molecule has 2 rings (SSSR count). The summed E-state index contributed by atoms with van der Waals surface area (Å²) in [6.07, 6.45) is 2.18. The third kappa shape index (κ3) is 2.43. The van der Waals surface area contributed by atoms with E-state index in [2.05, 4.69) is 43.0 Å². The highest BCUT2D eigenvalue weighted by Gasteiger charge is 2.23. The lowest BCUT2D eigenvalue weighted by atomic mass is 10.1. The summed E-state index contributed by atoms with van der Waals surface area (Å²) >= 11 is 0. The molecule has 1 heterocycles. The Labute approximate surface area is 97.5 Å². The average molecular weight is 214 g/mol. The van der Waals surface area contributed by atoms with Crippen molar-refractivity contribution in [3.05, 3.63) is 34.9 Å². The summed E-state index contributed by atoms with van der Waals surface area (Å²) < 4.78 is 0. The molecule has 0 spiro atoms. The minimum Gasteiger partial charge on any atom is -0.284 e. The smallest absolute Gasteiger partial charge is 0.0981 e. The van der Waals surface area contributed by atoms with E-state index in [9.17, 15) is 0 Å². The minimum absolute atomic E-state index is 0.126. The SMILES string of the molecule is Cc1cc(C)cc(CN2CCCC2C#N)c1. The Bertz CT molecular complexity index is 397. The number of aryl methyl sites for hydroxylation is 2. The maximum atomic E-state index is 9.03. The van der Waals surface area contributed by atoms with E-state index < -0.39 is 0 Å². The summed E-state index contributed by atoms with van der Waals surface area (Å²) in [7, 11) is 0. The molecule has 84 valence electrons. The van der Waals surface area contributed by atoms with E-state index in [4.69, 9.17) is 5.26 Å². The van der Waals surface area contributed by atoms with Crippen LogP contribution in [0.2, 0.25) is 0 Å². The molecule has 1 aromatic rings. The van der Waals surface area contributed by atoms with E-state index in [1.807, 2.05) is 0 Å². The Balaban J connectivity index is 2.12. The summed E-state index contributed by atoms with van der Waals surface area (Å²) in [5.41, 5.74) is 3.95. The maximum Gasteiger partial charge on any atom is 0.0981 e. The van der Waals surface area contributed by atoms with Crippen molar-refractivity contribution < 1.29 is 0 Å². The molecule has 0 aromatic heterocycles. The van der Waals surface area contributed by atoms with Gasteiger partial charge in [-0.2, -0.15) is 5.26 Å². The van der Waals surface area contributed by atoms with Gasteiger partial charge in [-0.05, 0) is 38.8 Å². The van der Waals surface area contributed by atoms with E-state index >= 15 is 0 Å². The molecule has 0 saturated carbocycles. The summed E-state index contributed by atoms with van der Waals surface area (Å²) in [5.74, 6) is 0. The van der Waals surface area contributed by atoms with Crippen molar-refractivity contribution >= 4 is 0 Å². The first-order valence-corrected chi connectivity index (χ1v) is 5.90. The second-order valence-electron chi connectivity index (χ2n) is 4.75. The van der Waals surface area contributed by atoms with Crippen LogP contribution in [-0.2, 0) is 6.54 Å². The number of likely N-dealkylation sites (tertiary alicyclic amines) is 1. The molecule has 1 atom stereocenters. The van der Waals surface area contributed by atoms with Gasteiger partial charge in [0.15, 0.2) is 0 Å². The zero-order chi connectivity index (χ0) is 11.5. The van der Waals surface area contributed by atoms with E-state index in [1.165, 1.54) is 16.7 Å². The van der Waals surface area contributed by atoms with Crippen LogP contribution in [0.4, 0.5) is 0 Å². The second kappa shape index (κ2) is 4.67. The molecular weight excluding hydrogens is 196 g/mol. The molecule has 1 aromatic carbocycles. The highest BCUT2D eigenvalue weighted by atomic mass is 15.2.